The average molecular weight is 345 g/mol. The smallest absolute Gasteiger partial charge is 0.481 e. The lowest BCUT2D eigenvalue weighted by Crippen LogP contribution is -2.40. The third-order valence-corrected chi connectivity index (χ3v) is 4.45. The van der Waals surface area contributed by atoms with Gasteiger partial charge in [-0.3, -0.25) is 9.59 Å². The number of carboxylic acids is 1. The van der Waals surface area contributed by atoms with Crippen molar-refractivity contribution in [1.29, 1.82) is 0 Å². The lowest BCUT2D eigenvalue weighted by molar-refractivity contribution is -0.274. The first-order valence-electron chi connectivity index (χ1n) is 7.43. The molecule has 1 aliphatic heterocycles. The van der Waals surface area contributed by atoms with Crippen molar-refractivity contribution in [2.24, 2.45) is 11.3 Å². The molecule has 5 nitrogen and oxygen atoms in total. The molecule has 1 aromatic carbocycles. The Morgan fingerprint density at radius 3 is 2.25 bits per heavy atom. The standard InChI is InChI=1S/C16H18F3NO4/c1-10(2)15(14(22)23)7-8-20(9-15)13(21)11-3-5-12(6-4-11)24-16(17,18)19/h3-6,10H,7-9H2,1-2H3,(H,22,23). The number of hydrogen-bond donors (Lipinski definition) is 1. The molecule has 0 saturated carbocycles. The Hall–Kier alpha value is -2.25. The zero-order valence-electron chi connectivity index (χ0n) is 13.3. The minimum absolute atomic E-state index is 0.0830. The van der Waals surface area contributed by atoms with Gasteiger partial charge in [0.1, 0.15) is 5.75 Å². The first-order valence-corrected chi connectivity index (χ1v) is 7.43. The predicted octanol–water partition coefficient (Wildman–Crippen LogP) is 3.16. The van der Waals surface area contributed by atoms with Crippen LogP contribution < -0.4 is 4.74 Å². The molecule has 1 heterocycles. The molecule has 1 atom stereocenters. The van der Waals surface area contributed by atoms with Gasteiger partial charge in [-0.1, -0.05) is 13.8 Å². The van der Waals surface area contributed by atoms with E-state index in [1.165, 1.54) is 17.0 Å². The van der Waals surface area contributed by atoms with Crippen molar-refractivity contribution in [3.63, 3.8) is 0 Å². The molecule has 0 bridgehead atoms. The number of likely N-dealkylation sites (tertiary alicyclic amines) is 1. The van der Waals surface area contributed by atoms with Crippen LogP contribution in [0.2, 0.25) is 0 Å². The second-order valence-corrected chi connectivity index (χ2v) is 6.16. The van der Waals surface area contributed by atoms with Crippen molar-refractivity contribution in [1.82, 2.24) is 4.90 Å². The highest BCUT2D eigenvalue weighted by Gasteiger charge is 2.48. The van der Waals surface area contributed by atoms with E-state index in [0.717, 1.165) is 12.1 Å². The molecule has 0 spiro atoms. The predicted molar refractivity (Wildman–Crippen MR) is 78.6 cm³/mol. The van der Waals surface area contributed by atoms with Crippen LogP contribution in [-0.2, 0) is 4.79 Å². The first kappa shape index (κ1) is 18.1. The average Bonchev–Trinajstić information content (AvgIpc) is 2.92. The van der Waals surface area contributed by atoms with E-state index in [0.29, 0.717) is 13.0 Å². The van der Waals surface area contributed by atoms with E-state index in [1.807, 2.05) is 0 Å². The molecule has 1 unspecified atom stereocenters. The summed E-state index contributed by atoms with van der Waals surface area (Å²) in [5, 5.41) is 9.49. The van der Waals surface area contributed by atoms with Crippen LogP contribution in [0, 0.1) is 11.3 Å². The number of carbonyl (C=O) groups is 2. The third-order valence-electron chi connectivity index (χ3n) is 4.45. The van der Waals surface area contributed by atoms with Crippen LogP contribution in [0.1, 0.15) is 30.6 Å². The number of hydrogen-bond acceptors (Lipinski definition) is 3. The number of benzene rings is 1. The molecule has 1 amide bonds. The highest BCUT2D eigenvalue weighted by Crippen LogP contribution is 2.38. The topological polar surface area (TPSA) is 66.8 Å². The molecule has 1 fully saturated rings. The largest absolute Gasteiger partial charge is 0.573 e. The quantitative estimate of drug-likeness (QED) is 0.910. The van der Waals surface area contributed by atoms with Crippen molar-refractivity contribution in [3.8, 4) is 5.75 Å². The van der Waals surface area contributed by atoms with Crippen molar-refractivity contribution in [3.05, 3.63) is 29.8 Å². The van der Waals surface area contributed by atoms with E-state index in [4.69, 9.17) is 0 Å². The number of halogens is 3. The van der Waals surface area contributed by atoms with Crippen LogP contribution in [0.5, 0.6) is 5.75 Å². The number of alkyl halides is 3. The summed E-state index contributed by atoms with van der Waals surface area (Å²) in [5.41, 5.74) is -0.802. The summed E-state index contributed by atoms with van der Waals surface area (Å²) in [6, 6.07) is 4.59. The molecule has 0 radical (unpaired) electrons. The Kier molecular flexibility index (Phi) is 4.77. The fourth-order valence-electron chi connectivity index (χ4n) is 2.88. The Morgan fingerprint density at radius 2 is 1.83 bits per heavy atom. The minimum atomic E-state index is -4.79. The number of rotatable bonds is 4. The van der Waals surface area contributed by atoms with Crippen molar-refractivity contribution in [2.75, 3.05) is 13.1 Å². The van der Waals surface area contributed by atoms with E-state index in [-0.39, 0.29) is 18.0 Å². The van der Waals surface area contributed by atoms with Crippen molar-refractivity contribution < 1.29 is 32.6 Å². The maximum Gasteiger partial charge on any atom is 0.573 e. The fourth-order valence-corrected chi connectivity index (χ4v) is 2.88. The Bertz CT molecular complexity index is 627. The van der Waals surface area contributed by atoms with Gasteiger partial charge in [-0.15, -0.1) is 13.2 Å². The highest BCUT2D eigenvalue weighted by atomic mass is 19.4. The second-order valence-electron chi connectivity index (χ2n) is 6.16. The van der Waals surface area contributed by atoms with Gasteiger partial charge in [0.05, 0.1) is 5.41 Å². The molecular formula is C16H18F3NO4. The van der Waals surface area contributed by atoms with Gasteiger partial charge >= 0.3 is 12.3 Å². The van der Waals surface area contributed by atoms with E-state index in [1.54, 1.807) is 13.8 Å². The summed E-state index contributed by atoms with van der Waals surface area (Å²) in [5.74, 6) is -1.91. The fraction of sp³-hybridized carbons (Fsp3) is 0.500. The van der Waals surface area contributed by atoms with Crippen LogP contribution >= 0.6 is 0 Å². The zero-order valence-corrected chi connectivity index (χ0v) is 13.3. The summed E-state index contributed by atoms with van der Waals surface area (Å²) in [6.45, 7) is 3.97. The lowest BCUT2D eigenvalue weighted by atomic mass is 9.76. The van der Waals surface area contributed by atoms with Crippen LogP contribution in [0.15, 0.2) is 24.3 Å². The van der Waals surface area contributed by atoms with Gasteiger partial charge in [0, 0.05) is 18.7 Å². The monoisotopic (exact) mass is 345 g/mol. The number of carbonyl (C=O) groups excluding carboxylic acids is 1. The number of ether oxygens (including phenoxy) is 1. The number of amides is 1. The maximum absolute atomic E-state index is 12.4. The third kappa shape index (κ3) is 3.63. The van der Waals surface area contributed by atoms with E-state index in [9.17, 15) is 27.9 Å². The molecule has 1 aromatic rings. The van der Waals surface area contributed by atoms with E-state index >= 15 is 0 Å². The van der Waals surface area contributed by atoms with Gasteiger partial charge in [-0.05, 0) is 36.6 Å². The van der Waals surface area contributed by atoms with Gasteiger partial charge in [0.25, 0.3) is 5.91 Å². The lowest BCUT2D eigenvalue weighted by Gasteiger charge is -2.28. The van der Waals surface area contributed by atoms with E-state index in [2.05, 4.69) is 4.74 Å². The van der Waals surface area contributed by atoms with Crippen LogP contribution in [-0.4, -0.2) is 41.3 Å². The molecule has 0 aromatic heterocycles. The van der Waals surface area contributed by atoms with E-state index < -0.39 is 29.4 Å². The second kappa shape index (κ2) is 6.33. The Labute approximate surface area is 137 Å². The highest BCUT2D eigenvalue weighted by molar-refractivity contribution is 5.95. The summed E-state index contributed by atoms with van der Waals surface area (Å²) in [7, 11) is 0. The van der Waals surface area contributed by atoms with Gasteiger partial charge in [0.2, 0.25) is 0 Å². The summed E-state index contributed by atoms with van der Waals surface area (Å²) in [4.78, 5) is 25.5. The molecular weight excluding hydrogens is 327 g/mol. The molecule has 132 valence electrons. The number of aliphatic carboxylic acids is 1. The Balaban J connectivity index is 2.11. The number of nitrogens with zero attached hydrogens (tertiary/aromatic N) is 1. The zero-order chi connectivity index (χ0) is 18.1. The van der Waals surface area contributed by atoms with Crippen LogP contribution in [0.25, 0.3) is 0 Å². The SMILES string of the molecule is CC(C)C1(C(=O)O)CCN(C(=O)c2ccc(OC(F)(F)F)cc2)C1. The minimum Gasteiger partial charge on any atom is -0.481 e. The van der Waals surface area contributed by atoms with Gasteiger partial charge < -0.3 is 14.7 Å². The number of carboxylic acid groups (broad SMARTS) is 1. The molecule has 1 aliphatic rings. The molecule has 1 N–H and O–H groups in total. The molecule has 2 rings (SSSR count). The summed E-state index contributed by atoms with van der Waals surface area (Å²) < 4.78 is 40.1. The van der Waals surface area contributed by atoms with Crippen LogP contribution in [0.3, 0.4) is 0 Å². The normalized spacial score (nSPS) is 21.2. The molecule has 1 saturated heterocycles. The molecule has 24 heavy (non-hydrogen) atoms. The Morgan fingerprint density at radius 1 is 1.25 bits per heavy atom. The van der Waals surface area contributed by atoms with Gasteiger partial charge in [0.15, 0.2) is 0 Å². The van der Waals surface area contributed by atoms with Crippen LogP contribution in [0.4, 0.5) is 13.2 Å². The van der Waals surface area contributed by atoms with Gasteiger partial charge in [-0.2, -0.15) is 0 Å². The summed E-state index contributed by atoms with van der Waals surface area (Å²) >= 11 is 0. The molecule has 0 aliphatic carbocycles. The van der Waals surface area contributed by atoms with Crippen molar-refractivity contribution >= 4 is 11.9 Å². The maximum atomic E-state index is 12.4. The summed E-state index contributed by atoms with van der Waals surface area (Å²) in [6.07, 6.45) is -4.44. The molecule has 8 heteroatoms. The van der Waals surface area contributed by atoms with Crippen molar-refractivity contribution in [2.45, 2.75) is 26.6 Å². The first-order chi connectivity index (χ1) is 11.0. The van der Waals surface area contributed by atoms with Gasteiger partial charge in [-0.25, -0.2) is 0 Å².